The summed E-state index contributed by atoms with van der Waals surface area (Å²) in [5, 5.41) is 35.4. The lowest BCUT2D eigenvalue weighted by Crippen LogP contribution is -2.25. The Kier molecular flexibility index (Phi) is 7.03. The fraction of sp³-hybridized carbons (Fsp3) is 0.125. The normalized spacial score (nSPS) is 10.6. The lowest BCUT2D eigenvalue weighted by molar-refractivity contribution is -0.394. The molecule has 12 nitrogen and oxygen atoms in total. The van der Waals surface area contributed by atoms with Crippen molar-refractivity contribution in [3.8, 4) is 17.2 Å². The van der Waals surface area contributed by atoms with Gasteiger partial charge in [0.2, 0.25) is 5.75 Å². The second-order valence-electron chi connectivity index (χ2n) is 5.30. The number of hydrogen-bond donors (Lipinski definition) is 2. The molecule has 29 heavy (non-hydrogen) atoms. The summed E-state index contributed by atoms with van der Waals surface area (Å²) >= 11 is 3.22. The number of nitrogens with zero attached hydrogens (tertiary/aromatic N) is 3. The van der Waals surface area contributed by atoms with Crippen molar-refractivity contribution < 1.29 is 29.2 Å². The monoisotopic (exact) mass is 468 g/mol. The molecular weight excluding hydrogens is 456 g/mol. The molecule has 0 bridgehead atoms. The average molecular weight is 469 g/mol. The van der Waals surface area contributed by atoms with Gasteiger partial charge < -0.3 is 14.6 Å². The highest BCUT2D eigenvalue weighted by Gasteiger charge is 2.27. The minimum absolute atomic E-state index is 0.0614. The van der Waals surface area contributed by atoms with Crippen molar-refractivity contribution in [1.29, 1.82) is 0 Å². The molecule has 0 spiro atoms. The maximum Gasteiger partial charge on any atom is 0.321 e. The quantitative estimate of drug-likeness (QED) is 0.338. The summed E-state index contributed by atoms with van der Waals surface area (Å²) in [6.45, 7) is -0.684. The molecule has 2 N–H and O–H groups in total. The Bertz CT molecular complexity index is 995. The molecule has 2 rings (SSSR count). The summed E-state index contributed by atoms with van der Waals surface area (Å²) in [6, 6.07) is 6.24. The highest BCUT2D eigenvalue weighted by molar-refractivity contribution is 9.10. The van der Waals surface area contributed by atoms with E-state index in [1.54, 1.807) is 12.1 Å². The van der Waals surface area contributed by atoms with Crippen molar-refractivity contribution in [2.24, 2.45) is 5.10 Å². The van der Waals surface area contributed by atoms with Gasteiger partial charge in [0.15, 0.2) is 12.4 Å². The fourth-order valence-corrected chi connectivity index (χ4v) is 2.46. The number of carbonyl (C=O) groups is 1. The maximum atomic E-state index is 11.9. The van der Waals surface area contributed by atoms with Crippen molar-refractivity contribution in [2.45, 2.75) is 0 Å². The molecule has 152 valence electrons. The number of phenolic OH excluding ortho intramolecular Hbond substituents is 1. The van der Waals surface area contributed by atoms with Gasteiger partial charge in [-0.1, -0.05) is 15.9 Å². The second kappa shape index (κ2) is 9.45. The third-order valence-electron chi connectivity index (χ3n) is 3.38. The lowest BCUT2D eigenvalue weighted by atomic mass is 10.2. The van der Waals surface area contributed by atoms with Crippen LogP contribution in [0.2, 0.25) is 0 Å². The second-order valence-corrected chi connectivity index (χ2v) is 6.21. The number of nitrogens with one attached hydrogen (secondary N) is 1. The molecule has 1 amide bonds. The van der Waals surface area contributed by atoms with E-state index in [1.807, 2.05) is 0 Å². The van der Waals surface area contributed by atoms with Crippen LogP contribution in [0.3, 0.4) is 0 Å². The Morgan fingerprint density at radius 2 is 2.00 bits per heavy atom. The van der Waals surface area contributed by atoms with Crippen LogP contribution in [0.4, 0.5) is 11.4 Å². The first-order chi connectivity index (χ1) is 13.7. The summed E-state index contributed by atoms with van der Waals surface area (Å²) in [6.07, 6.45) is 1.19. The number of hydrogen-bond acceptors (Lipinski definition) is 9. The van der Waals surface area contributed by atoms with Crippen LogP contribution >= 0.6 is 15.9 Å². The van der Waals surface area contributed by atoms with Gasteiger partial charge in [-0.05, 0) is 18.2 Å². The Morgan fingerprint density at radius 3 is 2.62 bits per heavy atom. The molecule has 0 fully saturated rings. The Hall–Kier alpha value is -3.74. The van der Waals surface area contributed by atoms with Gasteiger partial charge in [-0.2, -0.15) is 5.10 Å². The molecule has 0 saturated heterocycles. The Morgan fingerprint density at radius 1 is 1.28 bits per heavy atom. The third-order valence-corrected chi connectivity index (χ3v) is 3.87. The number of non-ortho nitro benzene ring substituents is 1. The van der Waals surface area contributed by atoms with Crippen molar-refractivity contribution >= 4 is 39.4 Å². The average Bonchev–Trinajstić information content (AvgIpc) is 2.68. The molecule has 0 aliphatic carbocycles. The smallest absolute Gasteiger partial charge is 0.321 e. The van der Waals surface area contributed by atoms with E-state index in [2.05, 4.69) is 26.5 Å². The van der Waals surface area contributed by atoms with Gasteiger partial charge in [0.25, 0.3) is 11.6 Å². The van der Waals surface area contributed by atoms with Crippen LogP contribution in [0.25, 0.3) is 0 Å². The first-order valence-electron chi connectivity index (χ1n) is 7.67. The molecule has 2 aromatic carbocycles. The highest BCUT2D eigenvalue weighted by atomic mass is 79.9. The minimum atomic E-state index is -0.892. The SMILES string of the molecule is COc1cc([N+](=O)[O-])cc([N+](=O)[O-])c1OCC(=O)NN=Cc1cc(Br)ccc1O. The number of nitro benzene ring substituents is 2. The summed E-state index contributed by atoms with van der Waals surface area (Å²) in [7, 11) is 1.14. The van der Waals surface area contributed by atoms with E-state index >= 15 is 0 Å². The molecule has 0 unspecified atom stereocenters. The topological polar surface area (TPSA) is 166 Å². The summed E-state index contributed by atoms with van der Waals surface area (Å²) < 4.78 is 10.7. The largest absolute Gasteiger partial charge is 0.507 e. The number of phenols is 1. The predicted molar refractivity (Wildman–Crippen MR) is 103 cm³/mol. The van der Waals surface area contributed by atoms with Crippen LogP contribution < -0.4 is 14.9 Å². The molecule has 13 heteroatoms. The molecule has 0 aromatic heterocycles. The number of amides is 1. The molecule has 0 saturated carbocycles. The van der Waals surface area contributed by atoms with E-state index < -0.39 is 39.5 Å². The van der Waals surface area contributed by atoms with E-state index in [-0.39, 0.29) is 11.5 Å². The number of rotatable bonds is 8. The van der Waals surface area contributed by atoms with Crippen LogP contribution in [0, 0.1) is 20.2 Å². The van der Waals surface area contributed by atoms with E-state index in [9.17, 15) is 30.1 Å². The number of nitro groups is 2. The van der Waals surface area contributed by atoms with Gasteiger partial charge in [0, 0.05) is 10.0 Å². The first kappa shape index (κ1) is 21.6. The molecule has 0 heterocycles. The van der Waals surface area contributed by atoms with E-state index in [4.69, 9.17) is 9.47 Å². The van der Waals surface area contributed by atoms with E-state index in [1.165, 1.54) is 12.3 Å². The number of benzene rings is 2. The zero-order valence-electron chi connectivity index (χ0n) is 14.7. The van der Waals surface area contributed by atoms with Crippen LogP contribution in [0.15, 0.2) is 39.9 Å². The van der Waals surface area contributed by atoms with E-state index in [0.29, 0.717) is 16.1 Å². The highest BCUT2D eigenvalue weighted by Crippen LogP contribution is 2.40. The van der Waals surface area contributed by atoms with Crippen LogP contribution in [0.5, 0.6) is 17.2 Å². The molecule has 0 aliphatic rings. The Labute approximate surface area is 171 Å². The van der Waals surface area contributed by atoms with Gasteiger partial charge >= 0.3 is 5.69 Å². The number of hydrazone groups is 1. The molecule has 0 radical (unpaired) electrons. The minimum Gasteiger partial charge on any atom is -0.507 e. The zero-order chi connectivity index (χ0) is 21.6. The zero-order valence-corrected chi connectivity index (χ0v) is 16.3. The van der Waals surface area contributed by atoms with Crippen LogP contribution in [-0.4, -0.2) is 40.8 Å². The van der Waals surface area contributed by atoms with Gasteiger partial charge in [0.1, 0.15) is 5.75 Å². The molecule has 0 aliphatic heterocycles. The van der Waals surface area contributed by atoms with E-state index in [0.717, 1.165) is 13.2 Å². The third kappa shape index (κ3) is 5.62. The number of ether oxygens (including phenoxy) is 2. The number of carbonyl (C=O) groups excluding carboxylic acids is 1. The predicted octanol–water partition coefficient (Wildman–Crippen LogP) is 2.51. The van der Waals surface area contributed by atoms with Crippen molar-refractivity contribution in [1.82, 2.24) is 5.43 Å². The van der Waals surface area contributed by atoms with Crippen molar-refractivity contribution in [3.05, 3.63) is 60.6 Å². The molecule has 0 atom stereocenters. The van der Waals surface area contributed by atoms with Crippen molar-refractivity contribution in [2.75, 3.05) is 13.7 Å². The summed E-state index contributed by atoms with van der Waals surface area (Å²) in [5.41, 5.74) is 1.16. The Balaban J connectivity index is 2.11. The lowest BCUT2D eigenvalue weighted by Gasteiger charge is -2.10. The summed E-state index contributed by atoms with van der Waals surface area (Å²) in [4.78, 5) is 32.2. The van der Waals surface area contributed by atoms with Gasteiger partial charge in [-0.25, -0.2) is 5.43 Å². The number of aromatic hydroxyl groups is 1. The molecule has 2 aromatic rings. The first-order valence-corrected chi connectivity index (χ1v) is 8.46. The fourth-order valence-electron chi connectivity index (χ4n) is 2.08. The summed E-state index contributed by atoms with van der Waals surface area (Å²) in [5.74, 6) is -1.55. The number of methoxy groups -OCH3 is 1. The molecular formula is C16H13BrN4O8. The standard InChI is InChI=1S/C16H13BrN4O8/c1-28-14-6-11(20(24)25)5-12(21(26)27)16(14)29-8-15(23)19-18-7-9-4-10(17)2-3-13(9)22/h2-7,22H,8H2,1H3,(H,19,23). The van der Waals surface area contributed by atoms with Crippen LogP contribution in [-0.2, 0) is 4.79 Å². The van der Waals surface area contributed by atoms with Gasteiger partial charge in [0.05, 0.1) is 35.3 Å². The van der Waals surface area contributed by atoms with Gasteiger partial charge in [-0.3, -0.25) is 25.0 Å². The number of halogens is 1. The van der Waals surface area contributed by atoms with Crippen molar-refractivity contribution in [3.63, 3.8) is 0 Å². The van der Waals surface area contributed by atoms with Crippen LogP contribution in [0.1, 0.15) is 5.56 Å². The maximum absolute atomic E-state index is 11.9. The van der Waals surface area contributed by atoms with Gasteiger partial charge in [-0.15, -0.1) is 0 Å².